The van der Waals surface area contributed by atoms with Gasteiger partial charge in [0.25, 0.3) is 0 Å². The maximum Gasteiger partial charge on any atom is 0.167 e. The Morgan fingerprint density at radius 2 is 2.13 bits per heavy atom. The predicted octanol–water partition coefficient (Wildman–Crippen LogP) is 2.91. The Bertz CT molecular complexity index is 394. The van der Waals surface area contributed by atoms with Crippen molar-refractivity contribution >= 4 is 5.78 Å². The van der Waals surface area contributed by atoms with Crippen molar-refractivity contribution in [3.63, 3.8) is 0 Å². The van der Waals surface area contributed by atoms with Gasteiger partial charge in [0, 0.05) is 6.42 Å². The van der Waals surface area contributed by atoms with Gasteiger partial charge in [-0.3, -0.25) is 4.79 Å². The lowest BCUT2D eigenvalue weighted by Crippen LogP contribution is -2.02. The van der Waals surface area contributed by atoms with Crippen LogP contribution in [0.3, 0.4) is 0 Å². The highest BCUT2D eigenvalue weighted by Gasteiger charge is 2.25. The SMILES string of the molecule is CCCOc1ccc(C)c2c1C(=O)CC2. The molecule has 0 saturated heterocycles. The molecule has 0 saturated carbocycles. The minimum absolute atomic E-state index is 0.236. The van der Waals surface area contributed by atoms with Gasteiger partial charge < -0.3 is 4.74 Å². The van der Waals surface area contributed by atoms with E-state index >= 15 is 0 Å². The number of hydrogen-bond acceptors (Lipinski definition) is 2. The molecule has 2 nitrogen and oxygen atoms in total. The van der Waals surface area contributed by atoms with Crippen molar-refractivity contribution in [1.29, 1.82) is 0 Å². The number of aryl methyl sites for hydroxylation is 1. The summed E-state index contributed by atoms with van der Waals surface area (Å²) >= 11 is 0. The number of rotatable bonds is 3. The van der Waals surface area contributed by atoms with Crippen molar-refractivity contribution in [2.45, 2.75) is 33.1 Å². The molecule has 2 heteroatoms. The first-order chi connectivity index (χ1) is 7.24. The molecular weight excluding hydrogens is 188 g/mol. The topological polar surface area (TPSA) is 26.3 Å². The highest BCUT2D eigenvalue weighted by molar-refractivity contribution is 6.03. The highest BCUT2D eigenvalue weighted by atomic mass is 16.5. The Morgan fingerprint density at radius 1 is 1.33 bits per heavy atom. The maximum absolute atomic E-state index is 11.7. The van der Waals surface area contributed by atoms with Crippen LogP contribution in [0.25, 0.3) is 0 Å². The van der Waals surface area contributed by atoms with Crippen molar-refractivity contribution in [3.8, 4) is 5.75 Å². The fourth-order valence-electron chi connectivity index (χ4n) is 2.05. The number of Topliss-reactive ketones (excluding diaryl/α,β-unsaturated/α-hetero) is 1. The van der Waals surface area contributed by atoms with Crippen LogP contribution in [-0.4, -0.2) is 12.4 Å². The van der Waals surface area contributed by atoms with E-state index in [-0.39, 0.29) is 5.78 Å². The summed E-state index contributed by atoms with van der Waals surface area (Å²) in [7, 11) is 0. The normalized spacial score (nSPS) is 14.1. The van der Waals surface area contributed by atoms with Crippen molar-refractivity contribution in [2.24, 2.45) is 0 Å². The zero-order valence-corrected chi connectivity index (χ0v) is 9.30. The van der Waals surface area contributed by atoms with Crippen LogP contribution in [0.2, 0.25) is 0 Å². The molecule has 0 N–H and O–H groups in total. The average Bonchev–Trinajstić information content (AvgIpc) is 2.61. The summed E-state index contributed by atoms with van der Waals surface area (Å²) in [5.41, 5.74) is 3.23. The van der Waals surface area contributed by atoms with E-state index in [1.807, 2.05) is 12.1 Å². The molecule has 0 bridgehead atoms. The summed E-state index contributed by atoms with van der Waals surface area (Å²) in [6.07, 6.45) is 2.49. The first kappa shape index (κ1) is 10.2. The molecule has 1 aromatic carbocycles. The van der Waals surface area contributed by atoms with E-state index in [4.69, 9.17) is 4.74 Å². The second-order valence-electron chi connectivity index (χ2n) is 4.01. The molecule has 0 radical (unpaired) electrons. The fourth-order valence-corrected chi connectivity index (χ4v) is 2.05. The third-order valence-electron chi connectivity index (χ3n) is 2.85. The molecule has 80 valence electrons. The molecule has 0 spiro atoms. The molecule has 0 heterocycles. The van der Waals surface area contributed by atoms with E-state index in [2.05, 4.69) is 13.8 Å². The van der Waals surface area contributed by atoms with E-state index < -0.39 is 0 Å². The monoisotopic (exact) mass is 204 g/mol. The lowest BCUT2D eigenvalue weighted by atomic mass is 10.0. The van der Waals surface area contributed by atoms with E-state index in [1.165, 1.54) is 11.1 Å². The van der Waals surface area contributed by atoms with Gasteiger partial charge in [0.2, 0.25) is 0 Å². The zero-order valence-electron chi connectivity index (χ0n) is 9.30. The van der Waals surface area contributed by atoms with Gasteiger partial charge in [0.15, 0.2) is 5.78 Å². The van der Waals surface area contributed by atoms with Gasteiger partial charge in [0.05, 0.1) is 12.2 Å². The van der Waals surface area contributed by atoms with Gasteiger partial charge in [-0.05, 0) is 37.0 Å². The van der Waals surface area contributed by atoms with Gasteiger partial charge in [-0.15, -0.1) is 0 Å². The van der Waals surface area contributed by atoms with Crippen molar-refractivity contribution in [2.75, 3.05) is 6.61 Å². The minimum Gasteiger partial charge on any atom is -0.493 e. The number of ketones is 1. The molecule has 1 aliphatic rings. The lowest BCUT2D eigenvalue weighted by molar-refractivity contribution is 0.0991. The third kappa shape index (κ3) is 1.76. The van der Waals surface area contributed by atoms with Crippen LogP contribution >= 0.6 is 0 Å². The van der Waals surface area contributed by atoms with Gasteiger partial charge >= 0.3 is 0 Å². The molecule has 2 rings (SSSR count). The third-order valence-corrected chi connectivity index (χ3v) is 2.85. The summed E-state index contributed by atoms with van der Waals surface area (Å²) in [4.78, 5) is 11.7. The standard InChI is InChI=1S/C13H16O2/c1-3-8-15-12-7-4-9(2)10-5-6-11(14)13(10)12/h4,7H,3,5-6,8H2,1-2H3. The maximum atomic E-state index is 11.7. The summed E-state index contributed by atoms with van der Waals surface area (Å²) in [6.45, 7) is 4.81. The summed E-state index contributed by atoms with van der Waals surface area (Å²) < 4.78 is 5.60. The highest BCUT2D eigenvalue weighted by Crippen LogP contribution is 2.32. The largest absolute Gasteiger partial charge is 0.493 e. The molecule has 0 aliphatic heterocycles. The Labute approximate surface area is 90.3 Å². The second-order valence-corrected chi connectivity index (χ2v) is 4.01. The smallest absolute Gasteiger partial charge is 0.167 e. The second kappa shape index (κ2) is 4.05. The van der Waals surface area contributed by atoms with Crippen LogP contribution < -0.4 is 4.74 Å². The predicted molar refractivity (Wildman–Crippen MR) is 59.6 cm³/mol. The summed E-state index contributed by atoms with van der Waals surface area (Å²) in [6, 6.07) is 3.97. The number of carbonyl (C=O) groups is 1. The first-order valence-electron chi connectivity index (χ1n) is 5.52. The fraction of sp³-hybridized carbons (Fsp3) is 0.462. The zero-order chi connectivity index (χ0) is 10.8. The molecule has 0 aromatic heterocycles. The lowest BCUT2D eigenvalue weighted by Gasteiger charge is -2.10. The van der Waals surface area contributed by atoms with Crippen LogP contribution in [0.15, 0.2) is 12.1 Å². The van der Waals surface area contributed by atoms with E-state index in [9.17, 15) is 4.79 Å². The van der Waals surface area contributed by atoms with Crippen molar-refractivity contribution in [3.05, 3.63) is 28.8 Å². The van der Waals surface area contributed by atoms with Crippen LogP contribution in [-0.2, 0) is 6.42 Å². The molecule has 0 fully saturated rings. The quantitative estimate of drug-likeness (QED) is 0.756. The summed E-state index contributed by atoms with van der Waals surface area (Å²) in [5.74, 6) is 1.01. The Balaban J connectivity index is 2.40. The van der Waals surface area contributed by atoms with Gasteiger partial charge in [-0.1, -0.05) is 13.0 Å². The molecule has 0 atom stereocenters. The van der Waals surface area contributed by atoms with Crippen molar-refractivity contribution in [1.82, 2.24) is 0 Å². The van der Waals surface area contributed by atoms with Crippen LogP contribution in [0.4, 0.5) is 0 Å². The molecule has 0 amide bonds. The van der Waals surface area contributed by atoms with Gasteiger partial charge in [-0.25, -0.2) is 0 Å². The van der Waals surface area contributed by atoms with E-state index in [1.54, 1.807) is 0 Å². The number of benzene rings is 1. The molecule has 15 heavy (non-hydrogen) atoms. The van der Waals surface area contributed by atoms with Crippen LogP contribution in [0.1, 0.15) is 41.3 Å². The number of carbonyl (C=O) groups excluding carboxylic acids is 1. The molecular formula is C13H16O2. The number of hydrogen-bond donors (Lipinski definition) is 0. The van der Waals surface area contributed by atoms with E-state index in [0.29, 0.717) is 13.0 Å². The Kier molecular flexibility index (Phi) is 2.76. The minimum atomic E-state index is 0.236. The Hall–Kier alpha value is -1.31. The van der Waals surface area contributed by atoms with Gasteiger partial charge in [0.1, 0.15) is 5.75 Å². The first-order valence-corrected chi connectivity index (χ1v) is 5.52. The summed E-state index contributed by atoms with van der Waals surface area (Å²) in [5, 5.41) is 0. The molecule has 1 aliphatic carbocycles. The van der Waals surface area contributed by atoms with Crippen molar-refractivity contribution < 1.29 is 9.53 Å². The number of ether oxygens (including phenoxy) is 1. The number of fused-ring (bicyclic) bond motifs is 1. The van der Waals surface area contributed by atoms with Gasteiger partial charge in [-0.2, -0.15) is 0 Å². The van der Waals surface area contributed by atoms with Crippen LogP contribution in [0, 0.1) is 6.92 Å². The van der Waals surface area contributed by atoms with Crippen LogP contribution in [0.5, 0.6) is 5.75 Å². The molecule has 1 aromatic rings. The molecule has 0 unspecified atom stereocenters. The van der Waals surface area contributed by atoms with E-state index in [0.717, 1.165) is 24.2 Å². The average molecular weight is 204 g/mol. The Morgan fingerprint density at radius 3 is 2.87 bits per heavy atom.